The number of benzene rings is 2. The van der Waals surface area contributed by atoms with Gasteiger partial charge in [0.15, 0.2) is 11.5 Å². The van der Waals surface area contributed by atoms with Crippen LogP contribution >= 0.6 is 11.8 Å². The van der Waals surface area contributed by atoms with Crippen molar-refractivity contribution in [1.29, 1.82) is 0 Å². The average molecular weight is 367 g/mol. The number of ether oxygens (including phenoxy) is 2. The van der Waals surface area contributed by atoms with Crippen LogP contribution in [0.15, 0.2) is 48.8 Å². The molecule has 0 amide bonds. The van der Waals surface area contributed by atoms with Crippen LogP contribution in [0.2, 0.25) is 0 Å². The molecule has 0 unspecified atom stereocenters. The van der Waals surface area contributed by atoms with Gasteiger partial charge in [-0.3, -0.25) is 0 Å². The minimum Gasteiger partial charge on any atom is -0.493 e. The topological polar surface area (TPSA) is 47.5 Å². The molecule has 0 radical (unpaired) electrons. The highest BCUT2D eigenvalue weighted by atomic mass is 32.2. The second-order valence-electron chi connectivity index (χ2n) is 6.14. The van der Waals surface area contributed by atoms with Crippen molar-refractivity contribution >= 4 is 28.5 Å². The van der Waals surface area contributed by atoms with Gasteiger partial charge in [-0.05, 0) is 11.6 Å². The predicted molar refractivity (Wildman–Crippen MR) is 106 cm³/mol. The van der Waals surface area contributed by atoms with Crippen LogP contribution in [0.3, 0.4) is 0 Å². The van der Waals surface area contributed by atoms with E-state index in [-0.39, 0.29) is 0 Å². The third-order valence-electron chi connectivity index (χ3n) is 4.66. The molecule has 0 saturated carbocycles. The number of hydrogen-bond acceptors (Lipinski definition) is 6. The molecule has 4 rings (SSSR count). The molecule has 1 aromatic heterocycles. The standard InChI is InChI=1S/C20H21N3O2S/c1-24-17-10-15-16(11-18(17)25-2)21-13-22-20(15)23-8-9-26-19(12-23)14-6-4-3-5-7-14/h3-7,10-11,13,19H,8-9,12H2,1-2H3/t19-/m0/s1. The van der Waals surface area contributed by atoms with E-state index >= 15 is 0 Å². The van der Waals surface area contributed by atoms with Crippen LogP contribution in [0, 0.1) is 0 Å². The molecule has 1 fully saturated rings. The summed E-state index contributed by atoms with van der Waals surface area (Å²) < 4.78 is 10.9. The quantitative estimate of drug-likeness (QED) is 0.696. The molecule has 0 spiro atoms. The third kappa shape index (κ3) is 3.17. The van der Waals surface area contributed by atoms with Crippen LogP contribution in [0.4, 0.5) is 5.82 Å². The summed E-state index contributed by atoms with van der Waals surface area (Å²) in [7, 11) is 3.29. The lowest BCUT2D eigenvalue weighted by Gasteiger charge is -2.34. The van der Waals surface area contributed by atoms with Gasteiger partial charge < -0.3 is 14.4 Å². The summed E-state index contributed by atoms with van der Waals surface area (Å²) in [5.41, 5.74) is 2.22. The number of thioether (sulfide) groups is 1. The predicted octanol–water partition coefficient (Wildman–Crippen LogP) is 3.94. The molecule has 0 aliphatic carbocycles. The Hall–Kier alpha value is -2.47. The monoisotopic (exact) mass is 367 g/mol. The summed E-state index contributed by atoms with van der Waals surface area (Å²) in [6.07, 6.45) is 1.63. The highest BCUT2D eigenvalue weighted by Gasteiger charge is 2.24. The second kappa shape index (κ2) is 7.41. The summed E-state index contributed by atoms with van der Waals surface area (Å²) in [6.45, 7) is 1.89. The van der Waals surface area contributed by atoms with Gasteiger partial charge in [-0.25, -0.2) is 9.97 Å². The Morgan fingerprint density at radius 1 is 1.04 bits per heavy atom. The molecule has 2 aromatic carbocycles. The molecule has 2 heterocycles. The number of rotatable bonds is 4. The maximum absolute atomic E-state index is 5.47. The van der Waals surface area contributed by atoms with Crippen LogP contribution in [0.5, 0.6) is 11.5 Å². The van der Waals surface area contributed by atoms with Crippen molar-refractivity contribution in [2.24, 2.45) is 0 Å². The highest BCUT2D eigenvalue weighted by molar-refractivity contribution is 7.99. The minimum absolute atomic E-state index is 0.440. The van der Waals surface area contributed by atoms with E-state index in [1.165, 1.54) is 5.56 Å². The fourth-order valence-corrected chi connectivity index (χ4v) is 4.58. The summed E-state index contributed by atoms with van der Waals surface area (Å²) in [5.74, 6) is 3.40. The lowest BCUT2D eigenvalue weighted by atomic mass is 10.1. The average Bonchev–Trinajstić information content (AvgIpc) is 2.73. The molecule has 6 heteroatoms. The van der Waals surface area contributed by atoms with Crippen molar-refractivity contribution in [3.63, 3.8) is 0 Å². The molecule has 1 aliphatic rings. The zero-order chi connectivity index (χ0) is 17.9. The molecule has 0 bridgehead atoms. The first-order chi connectivity index (χ1) is 12.8. The Labute approximate surface area is 157 Å². The van der Waals surface area contributed by atoms with Gasteiger partial charge in [-0.2, -0.15) is 11.8 Å². The van der Waals surface area contributed by atoms with Crippen LogP contribution < -0.4 is 14.4 Å². The minimum atomic E-state index is 0.440. The molecule has 1 aliphatic heterocycles. The van der Waals surface area contributed by atoms with E-state index in [0.29, 0.717) is 16.7 Å². The summed E-state index contributed by atoms with van der Waals surface area (Å²) in [4.78, 5) is 11.4. The fourth-order valence-electron chi connectivity index (χ4n) is 3.33. The smallest absolute Gasteiger partial charge is 0.162 e. The molecule has 1 saturated heterocycles. The number of fused-ring (bicyclic) bond motifs is 1. The molecule has 0 N–H and O–H groups in total. The van der Waals surface area contributed by atoms with Crippen molar-refractivity contribution in [3.05, 3.63) is 54.4 Å². The van der Waals surface area contributed by atoms with Gasteiger partial charge in [0.2, 0.25) is 0 Å². The third-order valence-corrected chi connectivity index (χ3v) is 5.90. The fraction of sp³-hybridized carbons (Fsp3) is 0.300. The number of anilines is 1. The zero-order valence-corrected chi connectivity index (χ0v) is 15.7. The van der Waals surface area contributed by atoms with Crippen LogP contribution in [-0.4, -0.2) is 43.0 Å². The Kier molecular flexibility index (Phi) is 4.84. The highest BCUT2D eigenvalue weighted by Crippen LogP contribution is 2.38. The van der Waals surface area contributed by atoms with Crippen molar-refractivity contribution in [2.45, 2.75) is 5.25 Å². The number of methoxy groups -OCH3 is 2. The Morgan fingerprint density at radius 3 is 2.58 bits per heavy atom. The first-order valence-corrected chi connectivity index (χ1v) is 9.63. The van der Waals surface area contributed by atoms with E-state index in [0.717, 1.165) is 35.6 Å². The Balaban J connectivity index is 1.71. The van der Waals surface area contributed by atoms with Gasteiger partial charge in [0.1, 0.15) is 12.1 Å². The van der Waals surface area contributed by atoms with Gasteiger partial charge >= 0.3 is 0 Å². The maximum Gasteiger partial charge on any atom is 0.162 e. The molecular weight excluding hydrogens is 346 g/mol. The van der Waals surface area contributed by atoms with E-state index in [9.17, 15) is 0 Å². The van der Waals surface area contributed by atoms with Crippen LogP contribution in [0.1, 0.15) is 10.8 Å². The summed E-state index contributed by atoms with van der Waals surface area (Å²) >= 11 is 2.00. The molecule has 3 aromatic rings. The summed E-state index contributed by atoms with van der Waals surface area (Å²) in [6, 6.07) is 14.6. The van der Waals surface area contributed by atoms with Crippen LogP contribution in [-0.2, 0) is 0 Å². The van der Waals surface area contributed by atoms with E-state index < -0.39 is 0 Å². The first-order valence-electron chi connectivity index (χ1n) is 8.58. The van der Waals surface area contributed by atoms with Gasteiger partial charge in [0, 0.05) is 35.5 Å². The SMILES string of the molecule is COc1cc2ncnc(N3CCS[C@H](c4ccccc4)C3)c2cc1OC. The van der Waals surface area contributed by atoms with E-state index in [4.69, 9.17) is 9.47 Å². The first kappa shape index (κ1) is 17.0. The van der Waals surface area contributed by atoms with Crippen molar-refractivity contribution in [3.8, 4) is 11.5 Å². The van der Waals surface area contributed by atoms with E-state index in [1.807, 2.05) is 23.9 Å². The van der Waals surface area contributed by atoms with Gasteiger partial charge in [-0.15, -0.1) is 0 Å². The van der Waals surface area contributed by atoms with Crippen molar-refractivity contribution in [2.75, 3.05) is 38.0 Å². The van der Waals surface area contributed by atoms with Gasteiger partial charge in [-0.1, -0.05) is 30.3 Å². The van der Waals surface area contributed by atoms with Crippen LogP contribution in [0.25, 0.3) is 10.9 Å². The summed E-state index contributed by atoms with van der Waals surface area (Å²) in [5, 5.41) is 1.43. The van der Waals surface area contributed by atoms with E-state index in [2.05, 4.69) is 45.2 Å². The maximum atomic E-state index is 5.47. The lowest BCUT2D eigenvalue weighted by molar-refractivity contribution is 0.356. The van der Waals surface area contributed by atoms with Crippen molar-refractivity contribution in [1.82, 2.24) is 9.97 Å². The van der Waals surface area contributed by atoms with Gasteiger partial charge in [0.25, 0.3) is 0 Å². The molecule has 26 heavy (non-hydrogen) atoms. The lowest BCUT2D eigenvalue weighted by Crippen LogP contribution is -2.35. The normalized spacial score (nSPS) is 17.3. The zero-order valence-electron chi connectivity index (χ0n) is 14.9. The second-order valence-corrected chi connectivity index (χ2v) is 7.45. The van der Waals surface area contributed by atoms with E-state index in [1.54, 1.807) is 20.5 Å². The number of aromatic nitrogens is 2. The molecule has 134 valence electrons. The number of nitrogens with zero attached hydrogens (tertiary/aromatic N) is 3. The largest absolute Gasteiger partial charge is 0.493 e. The van der Waals surface area contributed by atoms with Crippen molar-refractivity contribution < 1.29 is 9.47 Å². The van der Waals surface area contributed by atoms with Gasteiger partial charge in [0.05, 0.1) is 19.7 Å². The Morgan fingerprint density at radius 2 is 1.81 bits per heavy atom. The molecular formula is C20H21N3O2S. The Bertz CT molecular complexity index is 904. The number of hydrogen-bond donors (Lipinski definition) is 0. The molecule has 1 atom stereocenters. The molecule has 5 nitrogen and oxygen atoms in total.